The molecule has 68 valence electrons. The van der Waals surface area contributed by atoms with Gasteiger partial charge in [-0.25, -0.2) is 18.2 Å². The third-order valence-corrected chi connectivity index (χ3v) is 2.14. The van der Waals surface area contributed by atoms with Gasteiger partial charge in [-0.1, -0.05) is 0 Å². The monoisotopic (exact) mass is 250 g/mol. The van der Waals surface area contributed by atoms with E-state index in [1.807, 2.05) is 0 Å². The average Bonchev–Trinajstić information content (AvgIpc) is 2.04. The van der Waals surface area contributed by atoms with E-state index in [1.54, 1.807) is 6.07 Å². The lowest BCUT2D eigenvalue weighted by molar-refractivity contribution is 0.145. The van der Waals surface area contributed by atoms with Gasteiger partial charge in [0, 0.05) is 0 Å². The minimum absolute atomic E-state index is 0.253. The molecule has 0 bridgehead atoms. The van der Waals surface area contributed by atoms with Crippen LogP contribution in [0, 0.1) is 17.1 Å². The van der Waals surface area contributed by atoms with Crippen molar-refractivity contribution in [2.24, 2.45) is 0 Å². The molecule has 0 N–H and O–H groups in total. The molecule has 1 aromatic rings. The van der Waals surface area contributed by atoms with Gasteiger partial charge in [0.25, 0.3) is 6.43 Å². The molecule has 0 aromatic carbocycles. The van der Waals surface area contributed by atoms with Crippen LogP contribution in [-0.2, 0) is 0 Å². The second kappa shape index (κ2) is 3.75. The fourth-order valence-electron chi connectivity index (χ4n) is 0.758. The van der Waals surface area contributed by atoms with Crippen LogP contribution in [0.15, 0.2) is 10.7 Å². The van der Waals surface area contributed by atoms with Gasteiger partial charge in [-0.3, -0.25) is 0 Å². The molecule has 1 rings (SSSR count). The summed E-state index contributed by atoms with van der Waals surface area (Å²) in [5.74, 6) is -1.12. The van der Waals surface area contributed by atoms with Gasteiger partial charge < -0.3 is 0 Å². The van der Waals surface area contributed by atoms with Crippen molar-refractivity contribution < 1.29 is 13.2 Å². The molecule has 0 amide bonds. The summed E-state index contributed by atoms with van der Waals surface area (Å²) in [6.45, 7) is 0. The van der Waals surface area contributed by atoms with E-state index >= 15 is 0 Å². The van der Waals surface area contributed by atoms with Crippen molar-refractivity contribution in [2.45, 2.75) is 6.43 Å². The van der Waals surface area contributed by atoms with Crippen LogP contribution in [0.1, 0.15) is 17.7 Å². The van der Waals surface area contributed by atoms with Crippen molar-refractivity contribution >= 4 is 15.9 Å². The minimum Gasteiger partial charge on any atom is -0.241 e. The van der Waals surface area contributed by atoms with Gasteiger partial charge in [-0.05, 0) is 15.9 Å². The summed E-state index contributed by atoms with van der Waals surface area (Å²) < 4.78 is 36.8. The number of halogens is 4. The molecule has 0 atom stereocenters. The largest absolute Gasteiger partial charge is 0.267 e. The number of alkyl halides is 2. The summed E-state index contributed by atoms with van der Waals surface area (Å²) in [6, 6.07) is 1.56. The van der Waals surface area contributed by atoms with Crippen LogP contribution in [0.4, 0.5) is 13.2 Å². The van der Waals surface area contributed by atoms with Gasteiger partial charge in [0.2, 0.25) is 0 Å². The number of rotatable bonds is 1. The molecular formula is C7H2BrF3N2. The third-order valence-electron chi connectivity index (χ3n) is 1.33. The molecule has 0 unspecified atom stereocenters. The number of hydrogen-bond donors (Lipinski definition) is 0. The Hall–Kier alpha value is -1.09. The zero-order valence-corrected chi connectivity index (χ0v) is 7.65. The SMILES string of the molecule is N#Cc1ncc(F)c(C(F)F)c1Br. The van der Waals surface area contributed by atoms with E-state index in [2.05, 4.69) is 20.9 Å². The van der Waals surface area contributed by atoms with Crippen molar-refractivity contribution in [2.75, 3.05) is 0 Å². The summed E-state index contributed by atoms with van der Waals surface area (Å²) in [4.78, 5) is 3.32. The number of aromatic nitrogens is 1. The van der Waals surface area contributed by atoms with Crippen molar-refractivity contribution in [3.8, 4) is 6.07 Å². The van der Waals surface area contributed by atoms with Crippen LogP contribution >= 0.6 is 15.9 Å². The molecule has 1 aromatic heterocycles. The Labute approximate surface area is 80.1 Å². The highest BCUT2D eigenvalue weighted by molar-refractivity contribution is 9.10. The molecule has 0 spiro atoms. The molecule has 0 fully saturated rings. The first-order valence-corrected chi connectivity index (χ1v) is 3.89. The molecule has 0 saturated carbocycles. The predicted molar refractivity (Wildman–Crippen MR) is 41.6 cm³/mol. The van der Waals surface area contributed by atoms with E-state index in [9.17, 15) is 13.2 Å². The summed E-state index contributed by atoms with van der Waals surface area (Å²) in [5, 5.41) is 8.41. The van der Waals surface area contributed by atoms with Crippen molar-refractivity contribution in [3.05, 3.63) is 27.7 Å². The molecule has 0 aliphatic rings. The van der Waals surface area contributed by atoms with Gasteiger partial charge in [0.05, 0.1) is 16.2 Å². The predicted octanol–water partition coefficient (Wildman–Crippen LogP) is 2.79. The van der Waals surface area contributed by atoms with Crippen molar-refractivity contribution in [1.82, 2.24) is 4.98 Å². The highest BCUT2D eigenvalue weighted by Crippen LogP contribution is 2.30. The van der Waals surface area contributed by atoms with E-state index in [0.29, 0.717) is 6.20 Å². The number of pyridine rings is 1. The second-order valence-electron chi connectivity index (χ2n) is 2.09. The average molecular weight is 251 g/mol. The maximum Gasteiger partial charge on any atom is 0.267 e. The molecular weight excluding hydrogens is 249 g/mol. The summed E-state index contributed by atoms with van der Waals surface area (Å²) in [5.41, 5.74) is -1.08. The Morgan fingerprint density at radius 3 is 2.62 bits per heavy atom. The molecule has 13 heavy (non-hydrogen) atoms. The van der Waals surface area contributed by atoms with Crippen molar-refractivity contribution in [1.29, 1.82) is 5.26 Å². The Balaban J connectivity index is 3.41. The Bertz CT molecular complexity index is 373. The fraction of sp³-hybridized carbons (Fsp3) is 0.143. The Morgan fingerprint density at radius 2 is 2.15 bits per heavy atom. The van der Waals surface area contributed by atoms with Crippen LogP contribution in [0.3, 0.4) is 0 Å². The smallest absolute Gasteiger partial charge is 0.241 e. The maximum absolute atomic E-state index is 12.7. The lowest BCUT2D eigenvalue weighted by Gasteiger charge is -2.04. The molecule has 0 aliphatic carbocycles. The first kappa shape index (κ1) is 9.99. The van der Waals surface area contributed by atoms with E-state index < -0.39 is 17.8 Å². The van der Waals surface area contributed by atoms with Gasteiger partial charge in [0.15, 0.2) is 11.5 Å². The first-order valence-electron chi connectivity index (χ1n) is 3.10. The van der Waals surface area contributed by atoms with Gasteiger partial charge in [0.1, 0.15) is 6.07 Å². The van der Waals surface area contributed by atoms with E-state index in [0.717, 1.165) is 0 Å². The third kappa shape index (κ3) is 1.80. The summed E-state index contributed by atoms with van der Waals surface area (Å²) in [6.07, 6.45) is -2.37. The second-order valence-corrected chi connectivity index (χ2v) is 2.89. The Kier molecular flexibility index (Phi) is 2.88. The maximum atomic E-state index is 12.7. The lowest BCUT2D eigenvalue weighted by atomic mass is 10.2. The standard InChI is InChI=1S/C7H2BrF3N2/c8-6-4(1-12)13-2-3(9)5(6)7(10)11/h2,7H. The zero-order valence-electron chi connectivity index (χ0n) is 6.06. The fourth-order valence-corrected chi connectivity index (χ4v) is 1.31. The highest BCUT2D eigenvalue weighted by Gasteiger charge is 2.20. The van der Waals surface area contributed by atoms with E-state index in [-0.39, 0.29) is 10.2 Å². The van der Waals surface area contributed by atoms with Gasteiger partial charge in [-0.2, -0.15) is 5.26 Å². The van der Waals surface area contributed by atoms with Gasteiger partial charge >= 0.3 is 0 Å². The lowest BCUT2D eigenvalue weighted by Crippen LogP contribution is -1.97. The Morgan fingerprint density at radius 1 is 1.54 bits per heavy atom. The van der Waals surface area contributed by atoms with Crippen LogP contribution < -0.4 is 0 Å². The topological polar surface area (TPSA) is 36.7 Å². The van der Waals surface area contributed by atoms with Crippen LogP contribution in [0.5, 0.6) is 0 Å². The quantitative estimate of drug-likeness (QED) is 0.769. The van der Waals surface area contributed by atoms with Crippen LogP contribution in [0.25, 0.3) is 0 Å². The number of nitrogens with zero attached hydrogens (tertiary/aromatic N) is 2. The van der Waals surface area contributed by atoms with Crippen molar-refractivity contribution in [3.63, 3.8) is 0 Å². The minimum atomic E-state index is -2.97. The summed E-state index contributed by atoms with van der Waals surface area (Å²) in [7, 11) is 0. The molecule has 0 aliphatic heterocycles. The number of hydrogen-bond acceptors (Lipinski definition) is 2. The molecule has 0 radical (unpaired) electrons. The normalized spacial score (nSPS) is 10.2. The zero-order chi connectivity index (χ0) is 10.0. The van der Waals surface area contributed by atoms with E-state index in [1.165, 1.54) is 0 Å². The molecule has 2 nitrogen and oxygen atoms in total. The number of nitriles is 1. The first-order chi connectivity index (χ1) is 6.07. The van der Waals surface area contributed by atoms with Gasteiger partial charge in [-0.15, -0.1) is 0 Å². The van der Waals surface area contributed by atoms with E-state index in [4.69, 9.17) is 5.26 Å². The molecule has 6 heteroatoms. The van der Waals surface area contributed by atoms with Crippen LogP contribution in [0.2, 0.25) is 0 Å². The molecule has 0 saturated heterocycles. The molecule has 1 heterocycles. The summed E-state index contributed by atoms with van der Waals surface area (Å²) >= 11 is 2.69. The van der Waals surface area contributed by atoms with Crippen LogP contribution in [-0.4, -0.2) is 4.98 Å². The highest BCUT2D eigenvalue weighted by atomic mass is 79.9.